The van der Waals surface area contributed by atoms with Crippen molar-refractivity contribution in [1.29, 1.82) is 0 Å². The smallest absolute Gasteiger partial charge is 0.459 e. The fourth-order valence-corrected chi connectivity index (χ4v) is 5.60. The van der Waals surface area contributed by atoms with E-state index in [4.69, 9.17) is 24.3 Å². The molecule has 0 bridgehead atoms. The lowest BCUT2D eigenvalue weighted by Gasteiger charge is -2.36. The third-order valence-electron chi connectivity index (χ3n) is 5.63. The molecule has 0 aliphatic heterocycles. The zero-order valence-corrected chi connectivity index (χ0v) is 21.9. The van der Waals surface area contributed by atoms with Crippen molar-refractivity contribution in [3.63, 3.8) is 0 Å². The standard InChI is InChI=1S/C21H26BrN6O6P/c1-12(20(29)32-3)27-35(30,34-16-6-4-14(22)5-7-16)33-10-13-8-15(9-13)28-11-24-17-18(28)25-21(23)26-19(17)31-2/h4-7,11-13,15H,8-10H2,1-3H3,(H,27,30)(H2,23,25,26)/t12-,13-,15+,35?/m0/s1. The number of ether oxygens (including phenoxy) is 2. The molecule has 12 nitrogen and oxygen atoms in total. The summed E-state index contributed by atoms with van der Waals surface area (Å²) >= 11 is 3.35. The number of fused-ring (bicyclic) bond motifs is 1. The van der Waals surface area contributed by atoms with E-state index in [-0.39, 0.29) is 24.5 Å². The van der Waals surface area contributed by atoms with E-state index in [1.54, 1.807) is 30.6 Å². The van der Waals surface area contributed by atoms with Crippen LogP contribution in [0.2, 0.25) is 0 Å². The number of nitrogen functional groups attached to an aromatic ring is 1. The molecular formula is C21H26BrN6O6P. The Kier molecular flexibility index (Phi) is 7.60. The lowest BCUT2D eigenvalue weighted by atomic mass is 9.81. The van der Waals surface area contributed by atoms with Crippen LogP contribution < -0.4 is 20.1 Å². The van der Waals surface area contributed by atoms with Crippen molar-refractivity contribution in [1.82, 2.24) is 24.6 Å². The maximum Gasteiger partial charge on any atom is 0.459 e. The van der Waals surface area contributed by atoms with Gasteiger partial charge in [-0.3, -0.25) is 9.32 Å². The minimum atomic E-state index is -3.89. The number of hydrogen-bond donors (Lipinski definition) is 2. The summed E-state index contributed by atoms with van der Waals surface area (Å²) in [7, 11) is -1.13. The normalized spacial score (nSPS) is 20.0. The Hall–Kier alpha value is -2.73. The Balaban J connectivity index is 1.42. The second-order valence-corrected chi connectivity index (χ2v) is 10.7. The molecule has 1 saturated carbocycles. The Morgan fingerprint density at radius 2 is 2.00 bits per heavy atom. The highest BCUT2D eigenvalue weighted by Crippen LogP contribution is 2.48. The van der Waals surface area contributed by atoms with Gasteiger partial charge in [0.1, 0.15) is 11.8 Å². The summed E-state index contributed by atoms with van der Waals surface area (Å²) in [5.74, 6) is 0.286. The summed E-state index contributed by atoms with van der Waals surface area (Å²) in [5.41, 5.74) is 6.93. The molecule has 3 N–H and O–H groups in total. The second kappa shape index (κ2) is 10.5. The quantitative estimate of drug-likeness (QED) is 0.273. The molecule has 1 fully saturated rings. The van der Waals surface area contributed by atoms with Gasteiger partial charge in [0.25, 0.3) is 0 Å². The molecule has 2 atom stereocenters. The molecule has 0 amide bonds. The Labute approximate surface area is 210 Å². The summed E-state index contributed by atoms with van der Waals surface area (Å²) in [6, 6.07) is 6.02. The summed E-state index contributed by atoms with van der Waals surface area (Å²) in [6.45, 7) is 1.69. The minimum Gasteiger partial charge on any atom is -0.479 e. The van der Waals surface area contributed by atoms with Crippen LogP contribution in [0.25, 0.3) is 11.2 Å². The van der Waals surface area contributed by atoms with Gasteiger partial charge in [0.15, 0.2) is 11.2 Å². The summed E-state index contributed by atoms with van der Waals surface area (Å²) in [6.07, 6.45) is 3.16. The van der Waals surface area contributed by atoms with E-state index in [0.29, 0.717) is 22.8 Å². The first-order valence-electron chi connectivity index (χ1n) is 10.8. The van der Waals surface area contributed by atoms with Gasteiger partial charge in [0.2, 0.25) is 11.8 Å². The fraction of sp³-hybridized carbons (Fsp3) is 0.429. The van der Waals surface area contributed by atoms with Gasteiger partial charge in [-0.1, -0.05) is 15.9 Å². The van der Waals surface area contributed by atoms with E-state index < -0.39 is 19.8 Å². The van der Waals surface area contributed by atoms with Gasteiger partial charge in [0.05, 0.1) is 27.2 Å². The first-order valence-corrected chi connectivity index (χ1v) is 13.1. The van der Waals surface area contributed by atoms with E-state index in [0.717, 1.165) is 17.3 Å². The summed E-state index contributed by atoms with van der Waals surface area (Å²) < 4.78 is 37.7. The highest BCUT2D eigenvalue weighted by molar-refractivity contribution is 9.10. The van der Waals surface area contributed by atoms with Crippen molar-refractivity contribution < 1.29 is 27.9 Å². The minimum absolute atomic E-state index is 0.104. The predicted molar refractivity (Wildman–Crippen MR) is 131 cm³/mol. The first kappa shape index (κ1) is 25.4. The number of esters is 1. The number of halogens is 1. The van der Waals surface area contributed by atoms with E-state index in [1.807, 2.05) is 4.57 Å². The fourth-order valence-electron chi connectivity index (χ4n) is 3.77. The molecular weight excluding hydrogens is 543 g/mol. The zero-order chi connectivity index (χ0) is 25.2. The molecule has 0 saturated heterocycles. The molecule has 1 aliphatic rings. The van der Waals surface area contributed by atoms with Crippen LogP contribution in [0.1, 0.15) is 25.8 Å². The van der Waals surface area contributed by atoms with Crippen molar-refractivity contribution in [3.8, 4) is 11.6 Å². The van der Waals surface area contributed by atoms with Crippen molar-refractivity contribution in [3.05, 3.63) is 35.1 Å². The number of nitrogens with one attached hydrogen (secondary N) is 1. The summed E-state index contributed by atoms with van der Waals surface area (Å²) in [5, 5.41) is 2.66. The second-order valence-electron chi connectivity index (χ2n) is 8.12. The van der Waals surface area contributed by atoms with Gasteiger partial charge in [-0.25, -0.2) is 9.55 Å². The number of anilines is 1. The number of carbonyl (C=O) groups is 1. The zero-order valence-electron chi connectivity index (χ0n) is 19.4. The average molecular weight is 569 g/mol. The van der Waals surface area contributed by atoms with Gasteiger partial charge in [-0.05, 0) is 49.9 Å². The molecule has 0 radical (unpaired) electrons. The number of nitrogens with zero attached hydrogens (tertiary/aromatic N) is 4. The molecule has 1 unspecified atom stereocenters. The number of benzene rings is 1. The van der Waals surface area contributed by atoms with Crippen LogP contribution in [0.15, 0.2) is 35.1 Å². The molecule has 1 aromatic carbocycles. The topological polar surface area (TPSA) is 153 Å². The molecule has 3 aromatic rings. The third kappa shape index (κ3) is 5.75. The third-order valence-corrected chi connectivity index (χ3v) is 7.80. The number of carbonyl (C=O) groups excluding carboxylic acids is 1. The van der Waals surface area contributed by atoms with Gasteiger partial charge in [-0.2, -0.15) is 15.1 Å². The number of hydrogen-bond acceptors (Lipinski definition) is 10. The highest BCUT2D eigenvalue weighted by Gasteiger charge is 2.37. The molecule has 4 rings (SSSR count). The molecule has 2 aromatic heterocycles. The largest absolute Gasteiger partial charge is 0.479 e. The van der Waals surface area contributed by atoms with Crippen molar-refractivity contribution in [2.75, 3.05) is 26.6 Å². The molecule has 0 spiro atoms. The molecule has 188 valence electrons. The van der Waals surface area contributed by atoms with Gasteiger partial charge in [-0.15, -0.1) is 0 Å². The summed E-state index contributed by atoms with van der Waals surface area (Å²) in [4.78, 5) is 24.6. The Morgan fingerprint density at radius 1 is 1.29 bits per heavy atom. The average Bonchev–Trinajstić information content (AvgIpc) is 3.21. The Bertz CT molecular complexity index is 1250. The lowest BCUT2D eigenvalue weighted by Crippen LogP contribution is -2.36. The predicted octanol–water partition coefficient (Wildman–Crippen LogP) is 3.49. The molecule has 14 heteroatoms. The van der Waals surface area contributed by atoms with E-state index in [1.165, 1.54) is 21.1 Å². The van der Waals surface area contributed by atoms with Crippen LogP contribution in [0.3, 0.4) is 0 Å². The van der Waals surface area contributed by atoms with Crippen molar-refractivity contribution in [2.24, 2.45) is 5.92 Å². The van der Waals surface area contributed by atoms with Gasteiger partial charge >= 0.3 is 13.7 Å². The van der Waals surface area contributed by atoms with Gasteiger partial charge in [0, 0.05) is 10.5 Å². The molecule has 35 heavy (non-hydrogen) atoms. The van der Waals surface area contributed by atoms with Crippen LogP contribution in [0.4, 0.5) is 5.95 Å². The number of nitrogens with two attached hydrogens (primary N) is 1. The number of methoxy groups -OCH3 is 2. The van der Waals surface area contributed by atoms with E-state index in [9.17, 15) is 9.36 Å². The number of rotatable bonds is 10. The molecule has 2 heterocycles. The van der Waals surface area contributed by atoms with Crippen LogP contribution >= 0.6 is 23.7 Å². The van der Waals surface area contributed by atoms with Crippen molar-refractivity contribution >= 4 is 46.8 Å². The maximum absolute atomic E-state index is 13.5. The van der Waals surface area contributed by atoms with Crippen LogP contribution in [-0.4, -0.2) is 52.4 Å². The molecule has 1 aliphatic carbocycles. The van der Waals surface area contributed by atoms with Crippen LogP contribution in [0, 0.1) is 5.92 Å². The van der Waals surface area contributed by atoms with Gasteiger partial charge < -0.3 is 24.3 Å². The first-order chi connectivity index (χ1) is 16.7. The van der Waals surface area contributed by atoms with Crippen molar-refractivity contribution in [2.45, 2.75) is 31.8 Å². The Morgan fingerprint density at radius 3 is 2.66 bits per heavy atom. The van der Waals surface area contributed by atoms with E-state index in [2.05, 4.69) is 36.0 Å². The lowest BCUT2D eigenvalue weighted by molar-refractivity contribution is -0.142. The van der Waals surface area contributed by atoms with E-state index >= 15 is 0 Å². The van der Waals surface area contributed by atoms with Crippen LogP contribution in [-0.2, 0) is 18.6 Å². The van der Waals surface area contributed by atoms with Crippen LogP contribution in [0.5, 0.6) is 11.6 Å². The SMILES string of the molecule is COC(=O)[C@H](C)NP(=O)(OC[C@H]1C[C@@H](n2cnc3c(OC)nc(N)nc32)C1)Oc1ccc(Br)cc1. The number of imidazole rings is 1. The highest BCUT2D eigenvalue weighted by atomic mass is 79.9. The monoisotopic (exact) mass is 568 g/mol. The number of aromatic nitrogens is 4. The maximum atomic E-state index is 13.5.